The van der Waals surface area contributed by atoms with Crippen molar-refractivity contribution in [3.05, 3.63) is 82.6 Å². The zero-order valence-electron chi connectivity index (χ0n) is 18.8. The Kier molecular flexibility index (Phi) is 5.76. The second kappa shape index (κ2) is 8.75. The van der Waals surface area contributed by atoms with Gasteiger partial charge in [0, 0.05) is 23.3 Å². The Labute approximate surface area is 203 Å². The number of fused-ring (bicyclic) bond motifs is 2. The van der Waals surface area contributed by atoms with Gasteiger partial charge < -0.3 is 10.2 Å². The summed E-state index contributed by atoms with van der Waals surface area (Å²) in [5, 5.41) is 12.1. The van der Waals surface area contributed by atoms with Crippen LogP contribution in [0.1, 0.15) is 24.0 Å². The average molecular weight is 475 g/mol. The van der Waals surface area contributed by atoms with Crippen molar-refractivity contribution in [3.8, 4) is 17.2 Å². The molecule has 3 aromatic carbocycles. The molecule has 0 aliphatic carbocycles. The normalized spacial score (nSPS) is 16.8. The first-order valence-corrected chi connectivity index (χ1v) is 11.6. The van der Waals surface area contributed by atoms with E-state index in [4.69, 9.17) is 11.6 Å². The van der Waals surface area contributed by atoms with E-state index in [-0.39, 0.29) is 16.5 Å². The number of benzene rings is 3. The third-order valence-corrected chi connectivity index (χ3v) is 7.30. The Morgan fingerprint density at radius 2 is 1.85 bits per heavy atom. The van der Waals surface area contributed by atoms with Gasteiger partial charge in [-0.15, -0.1) is 0 Å². The summed E-state index contributed by atoms with van der Waals surface area (Å²) in [5.74, 6) is -0.527. The maximum absolute atomic E-state index is 13.6. The highest BCUT2D eigenvalue weighted by Crippen LogP contribution is 2.48. The third-order valence-electron chi connectivity index (χ3n) is 7.01. The summed E-state index contributed by atoms with van der Waals surface area (Å²) in [6.45, 7) is 2.52. The van der Waals surface area contributed by atoms with Crippen molar-refractivity contribution in [2.75, 3.05) is 36.9 Å². The number of nitriles is 1. The number of halogens is 2. The van der Waals surface area contributed by atoms with Crippen LogP contribution in [0.2, 0.25) is 5.02 Å². The van der Waals surface area contributed by atoms with Gasteiger partial charge in [0.15, 0.2) is 0 Å². The molecule has 1 N–H and O–H groups in total. The Hall–Kier alpha value is -3.40. The predicted octanol–water partition coefficient (Wildman–Crippen LogP) is 6.03. The molecule has 172 valence electrons. The van der Waals surface area contributed by atoms with E-state index >= 15 is 0 Å². The van der Waals surface area contributed by atoms with Gasteiger partial charge in [-0.05, 0) is 86.1 Å². The summed E-state index contributed by atoms with van der Waals surface area (Å²) in [7, 11) is 2.12. The number of amides is 2. The number of urea groups is 1. The number of hydrogen-bond acceptors (Lipinski definition) is 3. The van der Waals surface area contributed by atoms with Crippen molar-refractivity contribution in [2.24, 2.45) is 0 Å². The topological polar surface area (TPSA) is 59.4 Å². The van der Waals surface area contributed by atoms with Gasteiger partial charge in [0.2, 0.25) is 0 Å². The van der Waals surface area contributed by atoms with E-state index in [1.165, 1.54) is 23.8 Å². The van der Waals surface area contributed by atoms with Crippen LogP contribution in [0, 0.1) is 17.1 Å². The summed E-state index contributed by atoms with van der Waals surface area (Å²) < 4.78 is 13.6. The van der Waals surface area contributed by atoms with E-state index in [1.54, 1.807) is 11.0 Å². The summed E-state index contributed by atoms with van der Waals surface area (Å²) >= 11 is 5.91. The standard InChI is InChI=1S/C27H24ClFN4O/c1-32-11-9-27(10-12-32)17-33(26(34)31-21-6-8-24(29)23(28)15-21)25-14-20(5-7-22(25)27)19-4-2-3-18(13-19)16-30/h2-8,13-15H,9-12,17H2,1H3,(H,31,34). The first-order chi connectivity index (χ1) is 16.4. The van der Waals surface area contributed by atoms with Crippen LogP contribution in [0.5, 0.6) is 0 Å². The van der Waals surface area contributed by atoms with Gasteiger partial charge in [0.1, 0.15) is 5.82 Å². The fourth-order valence-electron chi connectivity index (χ4n) is 5.04. The lowest BCUT2D eigenvalue weighted by molar-refractivity contribution is 0.196. The number of carbonyl (C=O) groups excluding carboxylic acids is 1. The first-order valence-electron chi connectivity index (χ1n) is 11.3. The smallest absolute Gasteiger partial charge is 0.307 e. The molecule has 5 rings (SSSR count). The van der Waals surface area contributed by atoms with E-state index in [0.29, 0.717) is 17.8 Å². The van der Waals surface area contributed by atoms with Gasteiger partial charge in [-0.3, -0.25) is 4.90 Å². The molecule has 2 aliphatic heterocycles. The Balaban J connectivity index is 1.53. The molecular formula is C27H24ClFN4O. The van der Waals surface area contributed by atoms with Crippen molar-refractivity contribution < 1.29 is 9.18 Å². The molecule has 1 saturated heterocycles. The fraction of sp³-hybridized carbons (Fsp3) is 0.259. The van der Waals surface area contributed by atoms with Crippen LogP contribution in [-0.4, -0.2) is 37.6 Å². The van der Waals surface area contributed by atoms with Gasteiger partial charge in [0.05, 0.1) is 16.7 Å². The molecule has 7 heteroatoms. The highest BCUT2D eigenvalue weighted by molar-refractivity contribution is 6.31. The van der Waals surface area contributed by atoms with Crippen LogP contribution in [0.3, 0.4) is 0 Å². The lowest BCUT2D eigenvalue weighted by Crippen LogP contribution is -2.45. The number of likely N-dealkylation sites (tertiary alicyclic amines) is 1. The summed E-state index contributed by atoms with van der Waals surface area (Å²) in [5.41, 5.74) is 4.85. The minimum absolute atomic E-state index is 0.0360. The quantitative estimate of drug-likeness (QED) is 0.493. The second-order valence-electron chi connectivity index (χ2n) is 9.15. The van der Waals surface area contributed by atoms with E-state index < -0.39 is 5.82 Å². The van der Waals surface area contributed by atoms with Gasteiger partial charge in [-0.2, -0.15) is 5.26 Å². The lowest BCUT2D eigenvalue weighted by atomic mass is 9.74. The largest absolute Gasteiger partial charge is 0.326 e. The average Bonchev–Trinajstić information content (AvgIpc) is 3.17. The van der Waals surface area contributed by atoms with Crippen LogP contribution in [-0.2, 0) is 5.41 Å². The zero-order chi connectivity index (χ0) is 23.9. The molecule has 2 amide bonds. The number of anilines is 2. The van der Waals surface area contributed by atoms with Crippen LogP contribution in [0.25, 0.3) is 11.1 Å². The van der Waals surface area contributed by atoms with Gasteiger partial charge >= 0.3 is 6.03 Å². The number of rotatable bonds is 2. The lowest BCUT2D eigenvalue weighted by Gasteiger charge is -2.38. The first kappa shape index (κ1) is 22.4. The third kappa shape index (κ3) is 4.02. The Morgan fingerprint density at radius 1 is 1.09 bits per heavy atom. The van der Waals surface area contributed by atoms with E-state index in [2.05, 4.69) is 35.5 Å². The molecule has 2 heterocycles. The zero-order valence-corrected chi connectivity index (χ0v) is 19.6. The maximum Gasteiger partial charge on any atom is 0.326 e. The SMILES string of the molecule is CN1CCC2(CC1)CN(C(=O)Nc1ccc(F)c(Cl)c1)c1cc(-c3cccc(C#N)c3)ccc12. The highest BCUT2D eigenvalue weighted by Gasteiger charge is 2.46. The van der Waals surface area contributed by atoms with E-state index in [9.17, 15) is 14.4 Å². The van der Waals surface area contributed by atoms with Crippen molar-refractivity contribution in [1.82, 2.24) is 4.90 Å². The molecular weight excluding hydrogens is 451 g/mol. The number of piperidine rings is 1. The molecule has 0 unspecified atom stereocenters. The van der Waals surface area contributed by atoms with Gasteiger partial charge in [-0.25, -0.2) is 9.18 Å². The molecule has 1 spiro atoms. The predicted molar refractivity (Wildman–Crippen MR) is 133 cm³/mol. The molecule has 0 saturated carbocycles. The van der Waals surface area contributed by atoms with Crippen molar-refractivity contribution in [3.63, 3.8) is 0 Å². The molecule has 5 nitrogen and oxygen atoms in total. The molecule has 2 aliphatic rings. The Bertz CT molecular complexity index is 1310. The maximum atomic E-state index is 13.6. The van der Waals surface area contributed by atoms with Crippen LogP contribution < -0.4 is 10.2 Å². The molecule has 0 atom stereocenters. The minimum atomic E-state index is -0.527. The fourth-order valence-corrected chi connectivity index (χ4v) is 5.22. The number of nitrogens with zero attached hydrogens (tertiary/aromatic N) is 3. The molecule has 34 heavy (non-hydrogen) atoms. The molecule has 0 radical (unpaired) electrons. The van der Waals surface area contributed by atoms with Crippen molar-refractivity contribution >= 4 is 29.0 Å². The minimum Gasteiger partial charge on any atom is -0.307 e. The second-order valence-corrected chi connectivity index (χ2v) is 9.56. The Morgan fingerprint density at radius 3 is 2.59 bits per heavy atom. The molecule has 0 aromatic heterocycles. The number of hydrogen-bond donors (Lipinski definition) is 1. The van der Waals surface area contributed by atoms with Crippen molar-refractivity contribution in [2.45, 2.75) is 18.3 Å². The van der Waals surface area contributed by atoms with Crippen LogP contribution in [0.15, 0.2) is 60.7 Å². The number of nitrogens with one attached hydrogen (secondary N) is 1. The van der Waals surface area contributed by atoms with Crippen LogP contribution in [0.4, 0.5) is 20.6 Å². The van der Waals surface area contributed by atoms with Gasteiger partial charge in [-0.1, -0.05) is 35.9 Å². The van der Waals surface area contributed by atoms with E-state index in [1.807, 2.05) is 24.3 Å². The van der Waals surface area contributed by atoms with Crippen molar-refractivity contribution in [1.29, 1.82) is 5.26 Å². The van der Waals surface area contributed by atoms with Gasteiger partial charge in [0.25, 0.3) is 0 Å². The summed E-state index contributed by atoms with van der Waals surface area (Å²) in [4.78, 5) is 17.5. The molecule has 0 bridgehead atoms. The van der Waals surface area contributed by atoms with E-state index in [0.717, 1.165) is 42.7 Å². The number of carbonyl (C=O) groups is 1. The highest BCUT2D eigenvalue weighted by atomic mass is 35.5. The van der Waals surface area contributed by atoms with Crippen LogP contribution >= 0.6 is 11.6 Å². The monoisotopic (exact) mass is 474 g/mol. The summed E-state index contributed by atoms with van der Waals surface area (Å²) in [6, 6.07) is 19.8. The molecule has 1 fully saturated rings. The molecule has 3 aromatic rings. The summed E-state index contributed by atoms with van der Waals surface area (Å²) in [6.07, 6.45) is 1.93.